The summed E-state index contributed by atoms with van der Waals surface area (Å²) in [4.78, 5) is 4.37. The number of hydrogen-bond acceptors (Lipinski definition) is 3. The Balaban J connectivity index is 1.91. The average molecular weight is 278 g/mol. The van der Waals surface area contributed by atoms with E-state index in [-0.39, 0.29) is 0 Å². The maximum atomic E-state index is 4.37. The van der Waals surface area contributed by atoms with Crippen molar-refractivity contribution in [3.05, 3.63) is 60.0 Å². The second-order valence-electron chi connectivity index (χ2n) is 5.17. The fourth-order valence-corrected chi connectivity index (χ4v) is 2.25. The van der Waals surface area contributed by atoms with Crippen molar-refractivity contribution >= 4 is 0 Å². The molecule has 4 heteroatoms. The zero-order valence-electron chi connectivity index (χ0n) is 12.3. The van der Waals surface area contributed by atoms with Crippen LogP contribution in [-0.4, -0.2) is 20.0 Å². The van der Waals surface area contributed by atoms with Crippen LogP contribution in [0.4, 0.5) is 0 Å². The summed E-state index contributed by atoms with van der Waals surface area (Å²) >= 11 is 0. The normalized spacial score (nSPS) is 10.8. The molecule has 0 saturated heterocycles. The summed E-state index contributed by atoms with van der Waals surface area (Å²) in [6, 6.07) is 12.3. The van der Waals surface area contributed by atoms with Crippen LogP contribution in [0.1, 0.15) is 24.6 Å². The molecule has 3 aromatic rings. The molecule has 2 heterocycles. The lowest BCUT2D eigenvalue weighted by Crippen LogP contribution is -1.94. The molecular formula is C17H18N4. The van der Waals surface area contributed by atoms with Crippen molar-refractivity contribution in [3.8, 4) is 16.9 Å². The van der Waals surface area contributed by atoms with Gasteiger partial charge in [0.2, 0.25) is 0 Å². The van der Waals surface area contributed by atoms with Gasteiger partial charge in [-0.05, 0) is 37.6 Å². The molecular weight excluding hydrogens is 260 g/mol. The fourth-order valence-electron chi connectivity index (χ4n) is 2.25. The van der Waals surface area contributed by atoms with Gasteiger partial charge in [-0.25, -0.2) is 4.68 Å². The van der Waals surface area contributed by atoms with Gasteiger partial charge >= 0.3 is 0 Å². The number of rotatable bonds is 4. The molecule has 2 aromatic heterocycles. The molecule has 0 radical (unpaired) electrons. The van der Waals surface area contributed by atoms with Crippen LogP contribution in [0.5, 0.6) is 0 Å². The number of benzene rings is 1. The third-order valence-electron chi connectivity index (χ3n) is 3.41. The molecule has 0 atom stereocenters. The average Bonchev–Trinajstić information content (AvgIpc) is 2.98. The Kier molecular flexibility index (Phi) is 3.77. The first-order valence-electron chi connectivity index (χ1n) is 7.21. The summed E-state index contributed by atoms with van der Waals surface area (Å²) in [5.41, 5.74) is 5.28. The Morgan fingerprint density at radius 1 is 1.10 bits per heavy atom. The van der Waals surface area contributed by atoms with E-state index >= 15 is 0 Å². The Morgan fingerprint density at radius 2 is 1.90 bits per heavy atom. The number of nitrogens with zero attached hydrogens (tertiary/aromatic N) is 4. The maximum absolute atomic E-state index is 4.37. The minimum atomic E-state index is 0.871. The largest absolute Gasteiger partial charge is 0.261 e. The first-order chi connectivity index (χ1) is 10.3. The molecule has 0 fully saturated rings. The van der Waals surface area contributed by atoms with Crippen molar-refractivity contribution in [2.24, 2.45) is 0 Å². The molecule has 0 N–H and O–H groups in total. The highest BCUT2D eigenvalue weighted by Gasteiger charge is 2.06. The molecule has 0 aliphatic carbocycles. The van der Waals surface area contributed by atoms with Crippen LogP contribution in [0.2, 0.25) is 0 Å². The highest BCUT2D eigenvalue weighted by molar-refractivity contribution is 5.58. The van der Waals surface area contributed by atoms with Crippen LogP contribution in [0.3, 0.4) is 0 Å². The number of pyridine rings is 1. The fraction of sp³-hybridized carbons (Fsp3) is 0.235. The number of aromatic nitrogens is 4. The summed E-state index contributed by atoms with van der Waals surface area (Å²) < 4.78 is 1.80. The quantitative estimate of drug-likeness (QED) is 0.732. The van der Waals surface area contributed by atoms with E-state index in [1.165, 1.54) is 5.56 Å². The van der Waals surface area contributed by atoms with Crippen LogP contribution in [-0.2, 0) is 6.42 Å². The van der Waals surface area contributed by atoms with Crippen LogP contribution < -0.4 is 0 Å². The second-order valence-corrected chi connectivity index (χ2v) is 5.17. The zero-order chi connectivity index (χ0) is 14.7. The van der Waals surface area contributed by atoms with Gasteiger partial charge in [-0.3, -0.25) is 4.98 Å². The molecule has 0 amide bonds. The lowest BCUT2D eigenvalue weighted by Gasteiger charge is -2.01. The second kappa shape index (κ2) is 5.87. The van der Waals surface area contributed by atoms with E-state index in [9.17, 15) is 0 Å². The molecule has 3 rings (SSSR count). The summed E-state index contributed by atoms with van der Waals surface area (Å²) in [6.45, 7) is 4.23. The molecule has 0 saturated carbocycles. The third-order valence-corrected chi connectivity index (χ3v) is 3.41. The highest BCUT2D eigenvalue weighted by Crippen LogP contribution is 2.18. The standard InChI is InChI=1S/C17H18N4/c1-3-4-15-11-14(9-10-18-15)17-12-21(20-19-17)16-7-5-13(2)6-8-16/h5-12H,3-4H2,1-2H3. The number of aryl methyl sites for hydroxylation is 2. The molecule has 0 bridgehead atoms. The molecule has 1 aromatic carbocycles. The molecule has 0 aliphatic rings. The van der Waals surface area contributed by atoms with Gasteiger partial charge in [0.05, 0.1) is 11.9 Å². The van der Waals surface area contributed by atoms with Gasteiger partial charge in [-0.15, -0.1) is 5.10 Å². The van der Waals surface area contributed by atoms with Crippen LogP contribution in [0.25, 0.3) is 16.9 Å². The monoisotopic (exact) mass is 278 g/mol. The third kappa shape index (κ3) is 2.99. The van der Waals surface area contributed by atoms with Gasteiger partial charge < -0.3 is 0 Å². The van der Waals surface area contributed by atoms with Crippen LogP contribution in [0.15, 0.2) is 48.8 Å². The van der Waals surface area contributed by atoms with Gasteiger partial charge in [-0.2, -0.15) is 0 Å². The first-order valence-corrected chi connectivity index (χ1v) is 7.21. The van der Waals surface area contributed by atoms with E-state index in [1.54, 1.807) is 4.68 Å². The summed E-state index contributed by atoms with van der Waals surface area (Å²) in [5.74, 6) is 0. The summed E-state index contributed by atoms with van der Waals surface area (Å²) in [5, 5.41) is 8.49. The van der Waals surface area contributed by atoms with Crippen molar-refractivity contribution in [1.29, 1.82) is 0 Å². The molecule has 0 unspecified atom stereocenters. The van der Waals surface area contributed by atoms with Crippen molar-refractivity contribution < 1.29 is 0 Å². The van der Waals surface area contributed by atoms with Crippen LogP contribution >= 0.6 is 0 Å². The Morgan fingerprint density at radius 3 is 2.67 bits per heavy atom. The van der Waals surface area contributed by atoms with E-state index in [4.69, 9.17) is 0 Å². The zero-order valence-corrected chi connectivity index (χ0v) is 12.3. The Bertz CT molecular complexity index is 729. The maximum Gasteiger partial charge on any atom is 0.113 e. The lowest BCUT2D eigenvalue weighted by atomic mass is 10.1. The topological polar surface area (TPSA) is 43.6 Å². The van der Waals surface area contributed by atoms with Crippen molar-refractivity contribution in [1.82, 2.24) is 20.0 Å². The van der Waals surface area contributed by atoms with Gasteiger partial charge in [0.25, 0.3) is 0 Å². The predicted octanol–water partition coefficient (Wildman–Crippen LogP) is 3.59. The minimum Gasteiger partial charge on any atom is -0.261 e. The van der Waals surface area contributed by atoms with E-state index in [0.29, 0.717) is 0 Å². The van der Waals surface area contributed by atoms with E-state index < -0.39 is 0 Å². The van der Waals surface area contributed by atoms with E-state index in [2.05, 4.69) is 47.3 Å². The summed E-state index contributed by atoms with van der Waals surface area (Å²) in [7, 11) is 0. The molecule has 21 heavy (non-hydrogen) atoms. The minimum absolute atomic E-state index is 0.871. The molecule has 0 aliphatic heterocycles. The predicted molar refractivity (Wildman–Crippen MR) is 83.3 cm³/mol. The highest BCUT2D eigenvalue weighted by atomic mass is 15.4. The lowest BCUT2D eigenvalue weighted by molar-refractivity contribution is 0.803. The van der Waals surface area contributed by atoms with Gasteiger partial charge in [-0.1, -0.05) is 36.3 Å². The van der Waals surface area contributed by atoms with Crippen molar-refractivity contribution in [2.45, 2.75) is 26.7 Å². The SMILES string of the molecule is CCCc1cc(-c2cn(-c3ccc(C)cc3)nn2)ccn1. The summed E-state index contributed by atoms with van der Waals surface area (Å²) in [6.07, 6.45) is 5.87. The Hall–Kier alpha value is -2.49. The van der Waals surface area contributed by atoms with Gasteiger partial charge in [0.15, 0.2) is 0 Å². The van der Waals surface area contributed by atoms with Crippen LogP contribution in [0, 0.1) is 6.92 Å². The van der Waals surface area contributed by atoms with Crippen molar-refractivity contribution in [2.75, 3.05) is 0 Å². The molecule has 106 valence electrons. The molecule has 4 nitrogen and oxygen atoms in total. The van der Waals surface area contributed by atoms with E-state index in [1.807, 2.05) is 30.6 Å². The Labute approximate surface area is 124 Å². The molecule has 0 spiro atoms. The van der Waals surface area contributed by atoms with Gasteiger partial charge in [0, 0.05) is 17.5 Å². The van der Waals surface area contributed by atoms with E-state index in [0.717, 1.165) is 35.5 Å². The van der Waals surface area contributed by atoms with Gasteiger partial charge in [0.1, 0.15) is 5.69 Å². The van der Waals surface area contributed by atoms with Crippen molar-refractivity contribution in [3.63, 3.8) is 0 Å². The number of hydrogen-bond donors (Lipinski definition) is 0. The smallest absolute Gasteiger partial charge is 0.113 e. The first kappa shape index (κ1) is 13.5.